The van der Waals surface area contributed by atoms with Gasteiger partial charge in [0.05, 0.1) is 7.11 Å². The number of rotatable bonds is 2. The lowest BCUT2D eigenvalue weighted by Gasteiger charge is -2.26. The van der Waals surface area contributed by atoms with Gasteiger partial charge in [-0.15, -0.1) is 0 Å². The summed E-state index contributed by atoms with van der Waals surface area (Å²) in [6, 6.07) is 4.81. The first-order valence-electron chi connectivity index (χ1n) is 5.21. The van der Waals surface area contributed by atoms with Crippen LogP contribution in [0, 0.1) is 5.82 Å². The van der Waals surface area contributed by atoms with Gasteiger partial charge in [-0.2, -0.15) is 0 Å². The van der Waals surface area contributed by atoms with Crippen molar-refractivity contribution in [2.45, 2.75) is 18.4 Å². The molecule has 3 nitrogen and oxygen atoms in total. The maximum atomic E-state index is 13.6. The molecule has 4 heteroatoms. The lowest BCUT2D eigenvalue weighted by atomic mass is 9.92. The van der Waals surface area contributed by atoms with Crippen molar-refractivity contribution in [2.24, 2.45) is 0 Å². The Hall–Kier alpha value is -1.42. The maximum Gasteiger partial charge on any atom is 0.330 e. The van der Waals surface area contributed by atoms with Crippen molar-refractivity contribution in [3.05, 3.63) is 35.1 Å². The zero-order valence-corrected chi connectivity index (χ0v) is 9.34. The number of nitrogens with one attached hydrogen (secondary N) is 1. The minimum absolute atomic E-state index is 0.251. The number of hydrogen-bond acceptors (Lipinski definition) is 3. The summed E-state index contributed by atoms with van der Waals surface area (Å²) in [6.45, 7) is 0. The van der Waals surface area contributed by atoms with Crippen LogP contribution in [0.25, 0.3) is 0 Å². The molecule has 1 N–H and O–H groups in total. The third-order valence-electron chi connectivity index (χ3n) is 3.29. The molecule has 1 atom stereocenters. The third-order valence-corrected chi connectivity index (χ3v) is 3.29. The molecular weight excluding hydrogens is 209 g/mol. The van der Waals surface area contributed by atoms with E-state index >= 15 is 0 Å². The van der Waals surface area contributed by atoms with Crippen molar-refractivity contribution in [1.29, 1.82) is 0 Å². The first kappa shape index (κ1) is 11.1. The zero-order chi connectivity index (χ0) is 11.8. The van der Waals surface area contributed by atoms with Crippen molar-refractivity contribution in [2.75, 3.05) is 14.2 Å². The van der Waals surface area contributed by atoms with Crippen LogP contribution >= 0.6 is 0 Å². The number of likely N-dealkylation sites (N-methyl/N-ethyl adjacent to an activating group) is 1. The van der Waals surface area contributed by atoms with E-state index in [0.717, 1.165) is 0 Å². The molecule has 0 radical (unpaired) electrons. The molecule has 0 aromatic heterocycles. The lowest BCUT2D eigenvalue weighted by Crippen LogP contribution is -2.46. The van der Waals surface area contributed by atoms with Crippen molar-refractivity contribution in [3.8, 4) is 0 Å². The van der Waals surface area contributed by atoms with Gasteiger partial charge in [0, 0.05) is 0 Å². The molecule has 2 rings (SSSR count). The Bertz CT molecular complexity index is 433. The standard InChI is InChI=1S/C12H14FNO2/c1-14-12(11(15)16-2)7-6-8-9(12)4-3-5-10(8)13/h3-5,14H,6-7H2,1-2H3. The van der Waals surface area contributed by atoms with E-state index in [9.17, 15) is 9.18 Å². The smallest absolute Gasteiger partial charge is 0.330 e. The minimum atomic E-state index is -0.883. The molecule has 1 aromatic rings. The average molecular weight is 223 g/mol. The van der Waals surface area contributed by atoms with Crippen LogP contribution in [0.3, 0.4) is 0 Å². The molecule has 0 spiro atoms. The Kier molecular flexibility index (Phi) is 2.68. The number of hydrogen-bond donors (Lipinski definition) is 1. The lowest BCUT2D eigenvalue weighted by molar-refractivity contribution is -0.148. The van der Waals surface area contributed by atoms with E-state index in [2.05, 4.69) is 5.32 Å². The topological polar surface area (TPSA) is 38.3 Å². The van der Waals surface area contributed by atoms with Gasteiger partial charge in [-0.1, -0.05) is 12.1 Å². The van der Waals surface area contributed by atoms with Crippen LogP contribution in [0.5, 0.6) is 0 Å². The molecule has 0 saturated heterocycles. The third kappa shape index (κ3) is 1.33. The molecule has 0 saturated carbocycles. The number of methoxy groups -OCH3 is 1. The van der Waals surface area contributed by atoms with E-state index in [1.54, 1.807) is 19.2 Å². The van der Waals surface area contributed by atoms with Crippen molar-refractivity contribution >= 4 is 5.97 Å². The summed E-state index contributed by atoms with van der Waals surface area (Å²) in [6.07, 6.45) is 1.09. The number of carbonyl (C=O) groups is 1. The molecular formula is C12H14FNO2. The van der Waals surface area contributed by atoms with E-state index in [1.807, 2.05) is 0 Å². The molecule has 0 bridgehead atoms. The molecule has 16 heavy (non-hydrogen) atoms. The Morgan fingerprint density at radius 2 is 2.31 bits per heavy atom. The summed E-state index contributed by atoms with van der Waals surface area (Å²) in [4.78, 5) is 11.8. The monoisotopic (exact) mass is 223 g/mol. The van der Waals surface area contributed by atoms with Crippen LogP contribution < -0.4 is 5.32 Å². The summed E-state index contributed by atoms with van der Waals surface area (Å²) >= 11 is 0. The van der Waals surface area contributed by atoms with Gasteiger partial charge in [0.25, 0.3) is 0 Å². The van der Waals surface area contributed by atoms with E-state index < -0.39 is 5.54 Å². The van der Waals surface area contributed by atoms with Gasteiger partial charge in [0.15, 0.2) is 0 Å². The Labute approximate surface area is 93.6 Å². The van der Waals surface area contributed by atoms with Crippen LogP contribution in [0.1, 0.15) is 17.5 Å². The second-order valence-corrected chi connectivity index (χ2v) is 3.91. The second-order valence-electron chi connectivity index (χ2n) is 3.91. The van der Waals surface area contributed by atoms with Gasteiger partial charge in [0.2, 0.25) is 0 Å². The summed E-state index contributed by atoms with van der Waals surface area (Å²) in [7, 11) is 3.04. The number of esters is 1. The van der Waals surface area contributed by atoms with Crippen molar-refractivity contribution in [1.82, 2.24) is 5.32 Å². The average Bonchev–Trinajstić information content (AvgIpc) is 2.69. The minimum Gasteiger partial charge on any atom is -0.467 e. The predicted octanol–water partition coefficient (Wildman–Crippen LogP) is 1.36. The van der Waals surface area contributed by atoms with E-state index in [0.29, 0.717) is 24.0 Å². The first-order chi connectivity index (χ1) is 7.65. The van der Waals surface area contributed by atoms with Crippen molar-refractivity contribution < 1.29 is 13.9 Å². The molecule has 1 unspecified atom stereocenters. The predicted molar refractivity (Wildman–Crippen MR) is 57.5 cm³/mol. The SMILES string of the molecule is CNC1(C(=O)OC)CCc2c(F)cccc21. The fourth-order valence-electron chi connectivity index (χ4n) is 2.41. The van der Waals surface area contributed by atoms with Crippen LogP contribution in [0.2, 0.25) is 0 Å². The van der Waals surface area contributed by atoms with Gasteiger partial charge >= 0.3 is 5.97 Å². The molecule has 0 amide bonds. The fraction of sp³-hybridized carbons (Fsp3) is 0.417. The van der Waals surface area contributed by atoms with Crippen LogP contribution in [-0.2, 0) is 21.5 Å². The molecule has 1 aliphatic rings. The molecule has 1 aliphatic carbocycles. The van der Waals surface area contributed by atoms with E-state index in [1.165, 1.54) is 13.2 Å². The van der Waals surface area contributed by atoms with Gasteiger partial charge in [0.1, 0.15) is 11.4 Å². The molecule has 1 aromatic carbocycles. The Morgan fingerprint density at radius 1 is 1.56 bits per heavy atom. The summed E-state index contributed by atoms with van der Waals surface area (Å²) in [5, 5.41) is 2.97. The molecule has 86 valence electrons. The van der Waals surface area contributed by atoms with E-state index in [4.69, 9.17) is 4.74 Å². The second kappa shape index (κ2) is 3.87. The highest BCUT2D eigenvalue weighted by Gasteiger charge is 2.46. The number of halogens is 1. The number of fused-ring (bicyclic) bond motifs is 1. The normalized spacial score (nSPS) is 22.9. The largest absolute Gasteiger partial charge is 0.467 e. The van der Waals surface area contributed by atoms with Gasteiger partial charge < -0.3 is 10.1 Å². The molecule has 0 heterocycles. The zero-order valence-electron chi connectivity index (χ0n) is 9.34. The van der Waals surface area contributed by atoms with Crippen LogP contribution in [0.15, 0.2) is 18.2 Å². The Morgan fingerprint density at radius 3 is 2.94 bits per heavy atom. The Balaban J connectivity index is 2.56. The molecule has 0 fully saturated rings. The summed E-state index contributed by atoms with van der Waals surface area (Å²) in [5.74, 6) is -0.613. The highest BCUT2D eigenvalue weighted by molar-refractivity contribution is 5.84. The maximum absolute atomic E-state index is 13.6. The number of carbonyl (C=O) groups excluding carboxylic acids is 1. The number of benzene rings is 1. The summed E-state index contributed by atoms with van der Waals surface area (Å²) in [5.41, 5.74) is 0.427. The van der Waals surface area contributed by atoms with Crippen LogP contribution in [0.4, 0.5) is 4.39 Å². The number of ether oxygens (including phenoxy) is 1. The van der Waals surface area contributed by atoms with E-state index in [-0.39, 0.29) is 11.8 Å². The van der Waals surface area contributed by atoms with Gasteiger partial charge in [-0.05, 0) is 37.1 Å². The molecule has 0 aliphatic heterocycles. The van der Waals surface area contributed by atoms with Gasteiger partial charge in [-0.3, -0.25) is 0 Å². The highest BCUT2D eigenvalue weighted by atomic mass is 19.1. The highest BCUT2D eigenvalue weighted by Crippen LogP contribution is 2.38. The fourth-order valence-corrected chi connectivity index (χ4v) is 2.41. The summed E-state index contributed by atoms with van der Waals surface area (Å²) < 4.78 is 18.4. The quantitative estimate of drug-likeness (QED) is 0.769. The van der Waals surface area contributed by atoms with Crippen LogP contribution in [-0.4, -0.2) is 20.1 Å². The van der Waals surface area contributed by atoms with Crippen molar-refractivity contribution in [3.63, 3.8) is 0 Å². The van der Waals surface area contributed by atoms with Gasteiger partial charge in [-0.25, -0.2) is 9.18 Å². The first-order valence-corrected chi connectivity index (χ1v) is 5.21.